The number of benzene rings is 1. The first-order valence-electron chi connectivity index (χ1n) is 12.5. The molecule has 4 aromatic rings. The zero-order chi connectivity index (χ0) is 24.8. The van der Waals surface area contributed by atoms with E-state index < -0.39 is 0 Å². The van der Waals surface area contributed by atoms with Gasteiger partial charge in [0.15, 0.2) is 5.82 Å². The van der Waals surface area contributed by atoms with Crippen molar-refractivity contribution in [2.45, 2.75) is 58.5 Å². The number of aliphatic hydroxyl groups is 1. The monoisotopic (exact) mass is 472 g/mol. The van der Waals surface area contributed by atoms with Crippen molar-refractivity contribution in [3.05, 3.63) is 60.9 Å². The fourth-order valence-corrected chi connectivity index (χ4v) is 4.75. The molecule has 3 heterocycles. The molecule has 0 spiro atoms. The fraction of sp³-hybridized carbons (Fsp3) is 0.429. The first-order valence-corrected chi connectivity index (χ1v) is 12.5. The summed E-state index contributed by atoms with van der Waals surface area (Å²) < 4.78 is 3.57. The van der Waals surface area contributed by atoms with Crippen LogP contribution in [0.25, 0.3) is 33.6 Å². The topological polar surface area (TPSA) is 81.7 Å². The van der Waals surface area contributed by atoms with Crippen LogP contribution in [0, 0.1) is 12.8 Å². The summed E-state index contributed by atoms with van der Waals surface area (Å²) in [6.45, 7) is 4.19. The second kappa shape index (κ2) is 11.4. The minimum absolute atomic E-state index is 0.0219. The molecule has 0 bridgehead atoms. The minimum Gasteiger partial charge on any atom is -0.393 e. The van der Waals surface area contributed by atoms with E-state index in [1.807, 2.05) is 64.1 Å². The zero-order valence-electron chi connectivity index (χ0n) is 21.2. The van der Waals surface area contributed by atoms with Crippen molar-refractivity contribution < 1.29 is 5.11 Å². The molecule has 1 N–H and O–H groups in total. The van der Waals surface area contributed by atoms with Gasteiger partial charge in [-0.05, 0) is 43.7 Å². The lowest BCUT2D eigenvalue weighted by Crippen LogP contribution is -2.23. The lowest BCUT2D eigenvalue weighted by molar-refractivity contribution is 0.0650. The van der Waals surface area contributed by atoms with Gasteiger partial charge in [-0.2, -0.15) is 10.2 Å². The van der Waals surface area contributed by atoms with Gasteiger partial charge in [0.05, 0.1) is 18.5 Å². The van der Waals surface area contributed by atoms with Crippen molar-refractivity contribution in [1.82, 2.24) is 29.5 Å². The summed E-state index contributed by atoms with van der Waals surface area (Å²) in [7, 11) is 3.81. The Morgan fingerprint density at radius 2 is 1.60 bits per heavy atom. The summed E-state index contributed by atoms with van der Waals surface area (Å²) in [5.41, 5.74) is 6.12. The molecule has 0 saturated heterocycles. The van der Waals surface area contributed by atoms with Crippen LogP contribution in [-0.2, 0) is 14.1 Å². The van der Waals surface area contributed by atoms with E-state index in [0.717, 1.165) is 45.8 Å². The Kier molecular flexibility index (Phi) is 8.08. The SMILES string of the molecule is CCCC1CCCCC1O.Cc1nc(-c2cccc(-c3cnn(C)c3)c2)ncc1-c1cnn(C)c1. The predicted molar refractivity (Wildman–Crippen MR) is 139 cm³/mol. The van der Waals surface area contributed by atoms with Gasteiger partial charge < -0.3 is 5.11 Å². The minimum atomic E-state index is 0.0219. The molecule has 2 unspecified atom stereocenters. The Bertz CT molecular complexity index is 1240. The molecule has 1 aliphatic carbocycles. The molecule has 1 fully saturated rings. The third-order valence-corrected chi connectivity index (χ3v) is 6.68. The van der Waals surface area contributed by atoms with Gasteiger partial charge in [0.2, 0.25) is 0 Å². The molecule has 1 aromatic carbocycles. The average Bonchev–Trinajstić information content (AvgIpc) is 3.49. The highest BCUT2D eigenvalue weighted by Crippen LogP contribution is 2.28. The number of rotatable bonds is 5. The Morgan fingerprint density at radius 1 is 0.914 bits per heavy atom. The van der Waals surface area contributed by atoms with Crippen LogP contribution in [0.1, 0.15) is 51.1 Å². The summed E-state index contributed by atoms with van der Waals surface area (Å²) in [6, 6.07) is 8.21. The molecule has 3 aromatic heterocycles. The van der Waals surface area contributed by atoms with Gasteiger partial charge in [0, 0.05) is 60.6 Å². The van der Waals surface area contributed by atoms with Crippen LogP contribution < -0.4 is 0 Å². The van der Waals surface area contributed by atoms with Crippen molar-refractivity contribution in [1.29, 1.82) is 0 Å². The molecule has 1 saturated carbocycles. The van der Waals surface area contributed by atoms with Crippen LogP contribution in [0.4, 0.5) is 0 Å². The number of nitrogens with zero attached hydrogens (tertiary/aromatic N) is 6. The van der Waals surface area contributed by atoms with Gasteiger partial charge in [-0.15, -0.1) is 0 Å². The third kappa shape index (κ3) is 6.22. The number of aliphatic hydroxyl groups excluding tert-OH is 1. The highest BCUT2D eigenvalue weighted by Gasteiger charge is 2.21. The average molecular weight is 473 g/mol. The highest BCUT2D eigenvalue weighted by atomic mass is 16.3. The molecule has 184 valence electrons. The molecule has 7 heteroatoms. The van der Waals surface area contributed by atoms with E-state index in [-0.39, 0.29) is 6.10 Å². The maximum atomic E-state index is 9.50. The van der Waals surface area contributed by atoms with Crippen LogP contribution in [-0.4, -0.2) is 40.7 Å². The molecule has 35 heavy (non-hydrogen) atoms. The molecule has 0 aliphatic heterocycles. The van der Waals surface area contributed by atoms with Crippen molar-refractivity contribution in [3.8, 4) is 33.6 Å². The quantitative estimate of drug-likeness (QED) is 0.409. The molecular weight excluding hydrogens is 436 g/mol. The lowest BCUT2D eigenvalue weighted by Gasteiger charge is -2.26. The molecule has 1 aliphatic rings. The van der Waals surface area contributed by atoms with Gasteiger partial charge in [0.25, 0.3) is 0 Å². The molecule has 0 amide bonds. The maximum Gasteiger partial charge on any atom is 0.159 e. The number of aromatic nitrogens is 6. The summed E-state index contributed by atoms with van der Waals surface area (Å²) in [6.07, 6.45) is 16.9. The standard InChI is InChI=1S/C19H18N6.C9H18O/c1-13-18(17-9-22-25(3)12-17)10-20-19(23-13)15-6-4-5-14(7-15)16-8-21-24(2)11-16;1-2-5-8-6-3-4-7-9(8)10/h4-12H,1-3H3;8-10H,2-7H2,1H3. The molecular formula is C28H36N6O. The molecule has 7 nitrogen and oxygen atoms in total. The Morgan fingerprint density at radius 3 is 2.23 bits per heavy atom. The summed E-state index contributed by atoms with van der Waals surface area (Å²) in [5, 5.41) is 17.9. The van der Waals surface area contributed by atoms with E-state index in [0.29, 0.717) is 5.92 Å². The van der Waals surface area contributed by atoms with E-state index in [1.165, 1.54) is 32.1 Å². The van der Waals surface area contributed by atoms with Gasteiger partial charge in [-0.3, -0.25) is 9.36 Å². The van der Waals surface area contributed by atoms with E-state index in [1.54, 1.807) is 9.36 Å². The van der Waals surface area contributed by atoms with Crippen molar-refractivity contribution in [2.24, 2.45) is 20.0 Å². The van der Waals surface area contributed by atoms with Crippen LogP contribution in [0.3, 0.4) is 0 Å². The summed E-state index contributed by atoms with van der Waals surface area (Å²) >= 11 is 0. The first-order chi connectivity index (χ1) is 16.9. The third-order valence-electron chi connectivity index (χ3n) is 6.68. The molecule has 5 rings (SSSR count). The summed E-state index contributed by atoms with van der Waals surface area (Å²) in [5.74, 6) is 1.34. The van der Waals surface area contributed by atoms with Crippen LogP contribution in [0.2, 0.25) is 0 Å². The zero-order valence-corrected chi connectivity index (χ0v) is 21.2. The second-order valence-corrected chi connectivity index (χ2v) is 9.48. The van der Waals surface area contributed by atoms with Gasteiger partial charge >= 0.3 is 0 Å². The highest BCUT2D eigenvalue weighted by molar-refractivity contribution is 5.70. The van der Waals surface area contributed by atoms with E-state index in [9.17, 15) is 5.11 Å². The van der Waals surface area contributed by atoms with Gasteiger partial charge in [0.1, 0.15) is 0 Å². The van der Waals surface area contributed by atoms with Crippen molar-refractivity contribution in [2.75, 3.05) is 0 Å². The Balaban J connectivity index is 0.000000243. The lowest BCUT2D eigenvalue weighted by atomic mass is 9.84. The normalized spacial score (nSPS) is 17.6. The number of hydrogen-bond donors (Lipinski definition) is 1. The fourth-order valence-electron chi connectivity index (χ4n) is 4.75. The van der Waals surface area contributed by atoms with Crippen LogP contribution >= 0.6 is 0 Å². The Hall–Kier alpha value is -3.32. The summed E-state index contributed by atoms with van der Waals surface area (Å²) in [4.78, 5) is 9.27. The molecule has 2 atom stereocenters. The Labute approximate surface area is 207 Å². The van der Waals surface area contributed by atoms with Crippen molar-refractivity contribution >= 4 is 0 Å². The largest absolute Gasteiger partial charge is 0.393 e. The van der Waals surface area contributed by atoms with E-state index in [2.05, 4.69) is 34.2 Å². The second-order valence-electron chi connectivity index (χ2n) is 9.48. The smallest absolute Gasteiger partial charge is 0.159 e. The number of aryl methyl sites for hydroxylation is 3. The van der Waals surface area contributed by atoms with Crippen molar-refractivity contribution in [3.63, 3.8) is 0 Å². The van der Waals surface area contributed by atoms with Gasteiger partial charge in [-0.1, -0.05) is 44.4 Å². The first kappa shape index (κ1) is 24.8. The van der Waals surface area contributed by atoms with Gasteiger partial charge in [-0.25, -0.2) is 9.97 Å². The van der Waals surface area contributed by atoms with Crippen LogP contribution in [0.15, 0.2) is 55.2 Å². The van der Waals surface area contributed by atoms with E-state index in [4.69, 9.17) is 4.98 Å². The van der Waals surface area contributed by atoms with Crippen LogP contribution in [0.5, 0.6) is 0 Å². The predicted octanol–water partition coefficient (Wildman–Crippen LogP) is 5.59. The number of hydrogen-bond acceptors (Lipinski definition) is 5. The molecule has 0 radical (unpaired) electrons. The maximum absolute atomic E-state index is 9.50. The van der Waals surface area contributed by atoms with E-state index >= 15 is 0 Å².